The number of rotatable bonds is 11. The van der Waals surface area contributed by atoms with E-state index in [-0.39, 0.29) is 12.2 Å². The van der Waals surface area contributed by atoms with E-state index < -0.39 is 17.9 Å². The van der Waals surface area contributed by atoms with Crippen molar-refractivity contribution in [1.82, 2.24) is 15.5 Å². The molecule has 0 aliphatic heterocycles. The predicted octanol–water partition coefficient (Wildman–Crippen LogP) is 5.24. The van der Waals surface area contributed by atoms with Gasteiger partial charge in [-0.2, -0.15) is 0 Å². The van der Waals surface area contributed by atoms with Crippen LogP contribution in [0.25, 0.3) is 10.6 Å². The number of thiazole rings is 1. The van der Waals surface area contributed by atoms with Gasteiger partial charge in [0.05, 0.1) is 17.8 Å². The number of nitrogens with one attached hydrogen (secondary N) is 1. The number of esters is 1. The summed E-state index contributed by atoms with van der Waals surface area (Å²) in [7, 11) is 1.35. The van der Waals surface area contributed by atoms with Crippen molar-refractivity contribution in [2.24, 2.45) is 5.92 Å². The highest BCUT2D eigenvalue weighted by Gasteiger charge is 2.27. The first-order valence-electron chi connectivity index (χ1n) is 11.8. The van der Waals surface area contributed by atoms with Gasteiger partial charge in [0, 0.05) is 54.0 Å². The molecule has 2 heterocycles. The molecule has 4 rings (SSSR count). The maximum absolute atomic E-state index is 13.0. The first-order chi connectivity index (χ1) is 17.9. The van der Waals surface area contributed by atoms with E-state index in [2.05, 4.69) is 15.5 Å². The highest BCUT2D eigenvalue weighted by Crippen LogP contribution is 2.23. The first kappa shape index (κ1) is 26.4. The second-order valence-corrected chi connectivity index (χ2v) is 9.99. The molecule has 0 radical (unpaired) electrons. The molecule has 2 aromatic heterocycles. The van der Waals surface area contributed by atoms with Crippen molar-refractivity contribution >= 4 is 40.3 Å². The Morgan fingerprint density at radius 2 is 1.86 bits per heavy atom. The molecule has 4 aromatic rings. The average molecular weight is 534 g/mol. The molecule has 7 nitrogen and oxygen atoms in total. The number of methoxy groups -OCH3 is 1. The Kier molecular flexibility index (Phi) is 8.92. The smallest absolute Gasteiger partial charge is 0.328 e. The number of Topliss-reactive ketones (excluding diaryl/α,β-unsaturated/α-hetero) is 1. The summed E-state index contributed by atoms with van der Waals surface area (Å²) in [5, 5.41) is 9.99. The molecule has 0 saturated carbocycles. The van der Waals surface area contributed by atoms with Crippen LogP contribution >= 0.6 is 23.6 Å². The molecule has 2 atom stereocenters. The SMILES string of the molecule is COC(=O)[C@H](Cc1ccc(-c2nccs2)cc1)NC(=S)C(CC(=O)c1ccccc1)Cc1cc(C)no1. The second-order valence-electron chi connectivity index (χ2n) is 8.65. The van der Waals surface area contributed by atoms with Gasteiger partial charge in [-0.1, -0.05) is 72.0 Å². The van der Waals surface area contributed by atoms with Gasteiger partial charge < -0.3 is 14.6 Å². The second kappa shape index (κ2) is 12.5. The lowest BCUT2D eigenvalue weighted by Gasteiger charge is -2.23. The standard InChI is InChI=1S/C28H27N3O4S2/c1-18-14-23(35-31-18)16-22(17-25(32)20-6-4-3-5-7-20)26(36)30-24(28(33)34-2)15-19-8-10-21(11-9-19)27-29-12-13-37-27/h3-14,22,24H,15-17H2,1-2H3,(H,30,36)/t22?,24-/m0/s1. The van der Waals surface area contributed by atoms with Crippen molar-refractivity contribution in [1.29, 1.82) is 0 Å². The van der Waals surface area contributed by atoms with Gasteiger partial charge in [0.25, 0.3) is 0 Å². The van der Waals surface area contributed by atoms with Crippen LogP contribution in [0.2, 0.25) is 0 Å². The third kappa shape index (κ3) is 7.18. The zero-order valence-corrected chi connectivity index (χ0v) is 22.2. The van der Waals surface area contributed by atoms with Crippen LogP contribution in [0.3, 0.4) is 0 Å². The molecule has 37 heavy (non-hydrogen) atoms. The molecule has 0 aliphatic rings. The first-order valence-corrected chi connectivity index (χ1v) is 13.1. The van der Waals surface area contributed by atoms with E-state index in [1.54, 1.807) is 29.7 Å². The quantitative estimate of drug-likeness (QED) is 0.159. The number of aromatic nitrogens is 2. The van der Waals surface area contributed by atoms with E-state index >= 15 is 0 Å². The summed E-state index contributed by atoms with van der Waals surface area (Å²) in [4.78, 5) is 30.4. The Hall–Kier alpha value is -3.69. The fraction of sp³-hybridized carbons (Fsp3) is 0.250. The van der Waals surface area contributed by atoms with Crippen LogP contribution in [-0.4, -0.2) is 40.0 Å². The average Bonchev–Trinajstić information content (AvgIpc) is 3.60. The summed E-state index contributed by atoms with van der Waals surface area (Å²) >= 11 is 7.31. The number of hydrogen-bond donors (Lipinski definition) is 1. The molecule has 9 heteroatoms. The van der Waals surface area contributed by atoms with Gasteiger partial charge in [-0.25, -0.2) is 9.78 Å². The van der Waals surface area contributed by atoms with Gasteiger partial charge in [0.2, 0.25) is 0 Å². The van der Waals surface area contributed by atoms with Crippen LogP contribution in [0.1, 0.15) is 33.8 Å². The topological polar surface area (TPSA) is 94.3 Å². The minimum absolute atomic E-state index is 0.0432. The van der Waals surface area contributed by atoms with E-state index in [4.69, 9.17) is 21.5 Å². The van der Waals surface area contributed by atoms with Crippen LogP contribution < -0.4 is 5.32 Å². The number of carbonyl (C=O) groups excluding carboxylic acids is 2. The highest BCUT2D eigenvalue weighted by molar-refractivity contribution is 7.80. The van der Waals surface area contributed by atoms with Gasteiger partial charge >= 0.3 is 5.97 Å². The summed E-state index contributed by atoms with van der Waals surface area (Å²) < 4.78 is 10.5. The fourth-order valence-electron chi connectivity index (χ4n) is 3.99. The summed E-state index contributed by atoms with van der Waals surface area (Å²) in [6.45, 7) is 1.83. The monoisotopic (exact) mass is 533 g/mol. The lowest BCUT2D eigenvalue weighted by Crippen LogP contribution is -2.45. The Balaban J connectivity index is 1.50. The molecule has 190 valence electrons. The maximum Gasteiger partial charge on any atom is 0.328 e. The van der Waals surface area contributed by atoms with E-state index in [1.165, 1.54) is 7.11 Å². The van der Waals surface area contributed by atoms with Crippen LogP contribution in [0.5, 0.6) is 0 Å². The molecule has 2 aromatic carbocycles. The molecule has 1 unspecified atom stereocenters. The zero-order valence-electron chi connectivity index (χ0n) is 20.5. The Morgan fingerprint density at radius 1 is 1.11 bits per heavy atom. The largest absolute Gasteiger partial charge is 0.467 e. The van der Waals surface area contributed by atoms with Crippen molar-refractivity contribution in [3.8, 4) is 10.6 Å². The van der Waals surface area contributed by atoms with E-state index in [1.807, 2.05) is 60.8 Å². The van der Waals surface area contributed by atoms with Gasteiger partial charge in [0.15, 0.2) is 5.78 Å². The van der Waals surface area contributed by atoms with Crippen LogP contribution in [0.15, 0.2) is 76.8 Å². The molecular weight excluding hydrogens is 506 g/mol. The van der Waals surface area contributed by atoms with E-state index in [9.17, 15) is 9.59 Å². The Labute approximate surface area is 224 Å². The Morgan fingerprint density at radius 3 is 2.49 bits per heavy atom. The van der Waals surface area contributed by atoms with Crippen molar-refractivity contribution in [3.63, 3.8) is 0 Å². The predicted molar refractivity (Wildman–Crippen MR) is 147 cm³/mol. The van der Waals surface area contributed by atoms with Gasteiger partial charge in [-0.05, 0) is 12.5 Å². The normalized spacial score (nSPS) is 12.5. The number of thiocarbonyl (C=S) groups is 1. The summed E-state index contributed by atoms with van der Waals surface area (Å²) in [6, 6.07) is 18.1. The van der Waals surface area contributed by atoms with E-state index in [0.29, 0.717) is 29.2 Å². The maximum atomic E-state index is 13.0. The molecule has 0 saturated heterocycles. The van der Waals surface area contributed by atoms with Gasteiger partial charge in [0.1, 0.15) is 16.8 Å². The van der Waals surface area contributed by atoms with Crippen LogP contribution in [0, 0.1) is 12.8 Å². The number of nitrogens with zero attached hydrogens (tertiary/aromatic N) is 2. The fourth-order valence-corrected chi connectivity index (χ4v) is 4.94. The molecule has 0 fully saturated rings. The number of ketones is 1. The highest BCUT2D eigenvalue weighted by atomic mass is 32.1. The van der Waals surface area contributed by atoms with Crippen molar-refractivity contribution in [2.75, 3.05) is 7.11 Å². The van der Waals surface area contributed by atoms with Gasteiger partial charge in [-0.15, -0.1) is 11.3 Å². The third-order valence-electron chi connectivity index (χ3n) is 5.90. The molecule has 0 amide bonds. The molecule has 1 N–H and O–H groups in total. The summed E-state index contributed by atoms with van der Waals surface area (Å²) in [5.41, 5.74) is 3.30. The van der Waals surface area contributed by atoms with Crippen molar-refractivity contribution in [2.45, 2.75) is 32.2 Å². The molecular formula is C28H27N3O4S2. The van der Waals surface area contributed by atoms with Crippen molar-refractivity contribution in [3.05, 3.63) is 94.8 Å². The summed E-state index contributed by atoms with van der Waals surface area (Å²) in [5.74, 6) is -0.247. The summed E-state index contributed by atoms with van der Waals surface area (Å²) in [6.07, 6.45) is 2.67. The van der Waals surface area contributed by atoms with Gasteiger partial charge in [-0.3, -0.25) is 4.79 Å². The lowest BCUT2D eigenvalue weighted by atomic mass is 9.93. The number of ether oxygens (including phenoxy) is 1. The minimum Gasteiger partial charge on any atom is -0.467 e. The number of carbonyl (C=O) groups is 2. The number of benzene rings is 2. The van der Waals surface area contributed by atoms with Crippen LogP contribution in [0.4, 0.5) is 0 Å². The minimum atomic E-state index is -0.714. The number of aryl methyl sites for hydroxylation is 1. The third-order valence-corrected chi connectivity index (χ3v) is 7.17. The Bertz CT molecular complexity index is 1340. The zero-order chi connectivity index (χ0) is 26.2. The van der Waals surface area contributed by atoms with E-state index in [0.717, 1.165) is 21.8 Å². The lowest BCUT2D eigenvalue weighted by molar-refractivity contribution is -0.142. The van der Waals surface area contributed by atoms with Crippen LogP contribution in [-0.2, 0) is 22.4 Å². The number of hydrogen-bond acceptors (Lipinski definition) is 8. The molecule has 0 spiro atoms. The molecule has 0 bridgehead atoms. The molecule has 0 aliphatic carbocycles. The van der Waals surface area contributed by atoms with Crippen molar-refractivity contribution < 1.29 is 18.8 Å².